The smallest absolute Gasteiger partial charge is 0.319 e. The molecule has 18 heavy (non-hydrogen) atoms. The van der Waals surface area contributed by atoms with E-state index in [1.54, 1.807) is 24.5 Å². The van der Waals surface area contributed by atoms with E-state index in [0.717, 1.165) is 11.0 Å². The summed E-state index contributed by atoms with van der Waals surface area (Å²) in [7, 11) is 1.31. The van der Waals surface area contributed by atoms with Gasteiger partial charge in [-0.3, -0.25) is 9.59 Å². The number of nitrogens with one attached hydrogen (secondary N) is 1. The Morgan fingerprint density at radius 3 is 2.83 bits per heavy atom. The van der Waals surface area contributed by atoms with Gasteiger partial charge in [-0.25, -0.2) is 4.98 Å². The minimum absolute atomic E-state index is 0.161. The number of methoxy groups -OCH3 is 1. The van der Waals surface area contributed by atoms with Crippen LogP contribution in [0.3, 0.4) is 0 Å². The van der Waals surface area contributed by atoms with Crippen LogP contribution in [0.2, 0.25) is 0 Å². The summed E-state index contributed by atoms with van der Waals surface area (Å²) in [5, 5.41) is 0. The molecular formula is C13H12N2O3. The highest BCUT2D eigenvalue weighted by atomic mass is 16.5. The molecule has 5 heteroatoms. The molecule has 1 heterocycles. The molecule has 5 nitrogen and oxygen atoms in total. The van der Waals surface area contributed by atoms with Crippen LogP contribution in [0.1, 0.15) is 23.2 Å². The number of fused-ring (bicyclic) bond motifs is 1. The Kier molecular flexibility index (Phi) is 2.23. The van der Waals surface area contributed by atoms with E-state index in [9.17, 15) is 9.59 Å². The molecule has 0 aliphatic heterocycles. The van der Waals surface area contributed by atoms with E-state index in [1.807, 2.05) is 0 Å². The van der Waals surface area contributed by atoms with E-state index in [1.165, 1.54) is 7.11 Å². The molecule has 1 aliphatic carbocycles. The average molecular weight is 244 g/mol. The van der Waals surface area contributed by atoms with E-state index < -0.39 is 11.4 Å². The number of H-pyrrole nitrogens is 1. The van der Waals surface area contributed by atoms with Crippen molar-refractivity contribution in [2.75, 3.05) is 7.11 Å². The fraction of sp³-hybridized carbons (Fsp3) is 0.308. The molecule has 0 spiro atoms. The van der Waals surface area contributed by atoms with Crippen molar-refractivity contribution < 1.29 is 14.3 Å². The number of aromatic amines is 1. The summed E-state index contributed by atoms with van der Waals surface area (Å²) in [4.78, 5) is 31.1. The molecule has 1 saturated carbocycles. The topological polar surface area (TPSA) is 72.1 Å². The maximum atomic E-state index is 12.4. The lowest BCUT2D eigenvalue weighted by Gasteiger charge is -2.11. The second kappa shape index (κ2) is 3.66. The zero-order chi connectivity index (χ0) is 12.8. The van der Waals surface area contributed by atoms with Crippen molar-refractivity contribution in [1.82, 2.24) is 9.97 Å². The summed E-state index contributed by atoms with van der Waals surface area (Å²) >= 11 is 0. The Bertz CT molecular complexity index is 640. The molecule has 3 rings (SSSR count). The third-order valence-electron chi connectivity index (χ3n) is 3.44. The number of aromatic nitrogens is 2. The van der Waals surface area contributed by atoms with Crippen LogP contribution in [0.5, 0.6) is 0 Å². The monoisotopic (exact) mass is 244 g/mol. The molecule has 0 saturated heterocycles. The maximum absolute atomic E-state index is 12.4. The van der Waals surface area contributed by atoms with Gasteiger partial charge in [0.05, 0.1) is 24.5 Å². The van der Waals surface area contributed by atoms with Crippen molar-refractivity contribution in [1.29, 1.82) is 0 Å². The quantitative estimate of drug-likeness (QED) is 0.506. The van der Waals surface area contributed by atoms with Crippen LogP contribution in [0, 0.1) is 5.41 Å². The highest BCUT2D eigenvalue weighted by Crippen LogP contribution is 2.49. The lowest BCUT2D eigenvalue weighted by molar-refractivity contribution is -0.145. The minimum atomic E-state index is -0.942. The minimum Gasteiger partial charge on any atom is -0.468 e. The number of ether oxygens (including phenoxy) is 1. The van der Waals surface area contributed by atoms with Gasteiger partial charge >= 0.3 is 5.97 Å². The van der Waals surface area contributed by atoms with Crippen molar-refractivity contribution in [3.05, 3.63) is 30.1 Å². The SMILES string of the molecule is COC(=O)C1(C(=O)c2ccc3nc[nH]c3c2)CC1. The summed E-state index contributed by atoms with van der Waals surface area (Å²) in [6.07, 6.45) is 2.71. The number of Topliss-reactive ketones (excluding diaryl/α,β-unsaturated/α-hetero) is 1. The largest absolute Gasteiger partial charge is 0.468 e. The zero-order valence-electron chi connectivity index (χ0n) is 9.90. The van der Waals surface area contributed by atoms with Crippen molar-refractivity contribution in [3.8, 4) is 0 Å². The average Bonchev–Trinajstić information content (AvgIpc) is 3.08. The lowest BCUT2D eigenvalue weighted by Crippen LogP contribution is -2.27. The highest BCUT2D eigenvalue weighted by molar-refractivity contribution is 6.15. The fourth-order valence-electron chi connectivity index (χ4n) is 2.20. The van der Waals surface area contributed by atoms with Crippen molar-refractivity contribution >= 4 is 22.8 Å². The standard InChI is InChI=1S/C13H12N2O3/c1-18-12(17)13(4-5-13)11(16)8-2-3-9-10(6-8)15-7-14-9/h2-3,6-7H,4-5H2,1H3,(H,14,15). The Hall–Kier alpha value is -2.17. The first kappa shape index (κ1) is 11.0. The number of hydrogen-bond acceptors (Lipinski definition) is 4. The number of nitrogens with zero attached hydrogens (tertiary/aromatic N) is 1. The first-order valence-corrected chi connectivity index (χ1v) is 5.74. The van der Waals surface area contributed by atoms with Gasteiger partial charge in [0.2, 0.25) is 0 Å². The van der Waals surface area contributed by atoms with Gasteiger partial charge in [0.15, 0.2) is 5.78 Å². The van der Waals surface area contributed by atoms with Crippen LogP contribution in [0.25, 0.3) is 11.0 Å². The van der Waals surface area contributed by atoms with E-state index in [-0.39, 0.29) is 5.78 Å². The molecule has 1 fully saturated rings. The van der Waals surface area contributed by atoms with E-state index in [4.69, 9.17) is 4.74 Å². The summed E-state index contributed by atoms with van der Waals surface area (Å²) in [5.41, 5.74) is 1.17. The molecule has 1 aliphatic rings. The van der Waals surface area contributed by atoms with E-state index in [0.29, 0.717) is 18.4 Å². The van der Waals surface area contributed by atoms with Crippen molar-refractivity contribution in [2.24, 2.45) is 5.41 Å². The van der Waals surface area contributed by atoms with Gasteiger partial charge < -0.3 is 9.72 Å². The molecule has 0 amide bonds. The number of esters is 1. The second-order valence-corrected chi connectivity index (χ2v) is 4.54. The zero-order valence-corrected chi connectivity index (χ0v) is 9.90. The number of imidazole rings is 1. The third kappa shape index (κ3) is 1.44. The van der Waals surface area contributed by atoms with Crippen LogP contribution in [0.15, 0.2) is 24.5 Å². The number of benzene rings is 1. The predicted octanol–water partition coefficient (Wildman–Crippen LogP) is 1.70. The van der Waals surface area contributed by atoms with Gasteiger partial charge in [-0.2, -0.15) is 0 Å². The van der Waals surface area contributed by atoms with E-state index >= 15 is 0 Å². The van der Waals surface area contributed by atoms with Crippen LogP contribution in [-0.4, -0.2) is 28.8 Å². The second-order valence-electron chi connectivity index (χ2n) is 4.54. The third-order valence-corrected chi connectivity index (χ3v) is 3.44. The molecule has 1 aromatic heterocycles. The normalized spacial score (nSPS) is 16.5. The first-order chi connectivity index (χ1) is 8.67. The summed E-state index contributed by atoms with van der Waals surface area (Å²) in [6, 6.07) is 5.20. The molecular weight excluding hydrogens is 232 g/mol. The molecule has 0 bridgehead atoms. The molecule has 1 N–H and O–H groups in total. The predicted molar refractivity (Wildman–Crippen MR) is 64.1 cm³/mol. The van der Waals surface area contributed by atoms with Gasteiger partial charge in [-0.05, 0) is 31.0 Å². The fourth-order valence-corrected chi connectivity index (χ4v) is 2.20. The molecule has 92 valence electrons. The first-order valence-electron chi connectivity index (χ1n) is 5.74. The van der Waals surface area contributed by atoms with Gasteiger partial charge in [0.1, 0.15) is 5.41 Å². The van der Waals surface area contributed by atoms with Gasteiger partial charge in [0, 0.05) is 5.56 Å². The molecule has 0 unspecified atom stereocenters. The molecule has 1 aromatic carbocycles. The highest BCUT2D eigenvalue weighted by Gasteiger charge is 2.57. The summed E-state index contributed by atoms with van der Waals surface area (Å²) in [5.74, 6) is -0.594. The van der Waals surface area contributed by atoms with Gasteiger partial charge in [0.25, 0.3) is 0 Å². The summed E-state index contributed by atoms with van der Waals surface area (Å²) < 4.78 is 4.71. The number of carbonyl (C=O) groups is 2. The van der Waals surface area contributed by atoms with Gasteiger partial charge in [-0.15, -0.1) is 0 Å². The number of rotatable bonds is 3. The molecule has 0 radical (unpaired) electrons. The van der Waals surface area contributed by atoms with Crippen LogP contribution >= 0.6 is 0 Å². The summed E-state index contributed by atoms with van der Waals surface area (Å²) in [6.45, 7) is 0. The Morgan fingerprint density at radius 2 is 2.17 bits per heavy atom. The van der Waals surface area contributed by atoms with Gasteiger partial charge in [-0.1, -0.05) is 0 Å². The van der Waals surface area contributed by atoms with E-state index in [2.05, 4.69) is 9.97 Å². The maximum Gasteiger partial charge on any atom is 0.319 e. The molecule has 2 aromatic rings. The van der Waals surface area contributed by atoms with Crippen LogP contribution in [-0.2, 0) is 9.53 Å². The Balaban J connectivity index is 1.99. The Labute approximate surface area is 103 Å². The number of ketones is 1. The number of hydrogen-bond donors (Lipinski definition) is 1. The Morgan fingerprint density at radius 1 is 1.39 bits per heavy atom. The van der Waals surface area contributed by atoms with Crippen molar-refractivity contribution in [2.45, 2.75) is 12.8 Å². The number of carbonyl (C=O) groups excluding carboxylic acids is 2. The lowest BCUT2D eigenvalue weighted by atomic mass is 9.94. The van der Waals surface area contributed by atoms with Crippen LogP contribution < -0.4 is 0 Å². The van der Waals surface area contributed by atoms with Crippen LogP contribution in [0.4, 0.5) is 0 Å². The molecule has 0 atom stereocenters. The van der Waals surface area contributed by atoms with Crippen molar-refractivity contribution in [3.63, 3.8) is 0 Å².